The van der Waals surface area contributed by atoms with E-state index in [0.717, 1.165) is 11.1 Å². The lowest BCUT2D eigenvalue weighted by molar-refractivity contribution is 0.225. The minimum Gasteiger partial charge on any atom is -0.396 e. The maximum Gasteiger partial charge on any atom is 0.123 e. The minimum atomic E-state index is -0.261. The molecule has 0 saturated carbocycles. The largest absolute Gasteiger partial charge is 0.396 e. The van der Waals surface area contributed by atoms with Crippen molar-refractivity contribution in [2.45, 2.75) is 12.8 Å². The third-order valence-corrected chi connectivity index (χ3v) is 3.13. The summed E-state index contributed by atoms with van der Waals surface area (Å²) in [7, 11) is 0. The Balaban J connectivity index is 2.00. The summed E-state index contributed by atoms with van der Waals surface area (Å²) >= 11 is 0. The Kier molecular flexibility index (Phi) is 4.63. The van der Waals surface area contributed by atoms with Gasteiger partial charge in [-0.3, -0.25) is 0 Å². The zero-order valence-corrected chi connectivity index (χ0v) is 10.5. The van der Waals surface area contributed by atoms with E-state index < -0.39 is 0 Å². The number of aliphatic hydroxyl groups is 1. The molecular weight excluding hydrogens is 246 g/mol. The Labute approximate surface area is 111 Å². The smallest absolute Gasteiger partial charge is 0.123 e. The summed E-state index contributed by atoms with van der Waals surface area (Å²) in [6.07, 6.45) is 1.35. The van der Waals surface area contributed by atoms with Crippen LogP contribution in [0.4, 0.5) is 8.78 Å². The van der Waals surface area contributed by atoms with Crippen molar-refractivity contribution in [3.8, 4) is 0 Å². The Morgan fingerprint density at radius 3 is 1.42 bits per heavy atom. The number of halogens is 2. The number of hydrogen-bond acceptors (Lipinski definition) is 1. The van der Waals surface area contributed by atoms with Gasteiger partial charge in [0, 0.05) is 6.61 Å². The molecular formula is C16H16F2O. The molecule has 0 atom stereocenters. The van der Waals surface area contributed by atoms with Gasteiger partial charge in [0.1, 0.15) is 11.6 Å². The fraction of sp³-hybridized carbons (Fsp3) is 0.250. The van der Waals surface area contributed by atoms with Gasteiger partial charge in [-0.05, 0) is 54.2 Å². The summed E-state index contributed by atoms with van der Waals surface area (Å²) in [5.74, 6) is -0.471. The maximum absolute atomic E-state index is 12.8. The van der Waals surface area contributed by atoms with Crippen molar-refractivity contribution in [1.29, 1.82) is 0 Å². The molecule has 3 heteroatoms. The Bertz CT molecular complexity index is 458. The second-order valence-corrected chi connectivity index (χ2v) is 4.71. The van der Waals surface area contributed by atoms with E-state index in [4.69, 9.17) is 0 Å². The number of rotatable bonds is 5. The van der Waals surface area contributed by atoms with E-state index in [1.165, 1.54) is 24.3 Å². The predicted octanol–water partition coefficient (Wildman–Crippen LogP) is 3.36. The van der Waals surface area contributed by atoms with Crippen molar-refractivity contribution < 1.29 is 13.9 Å². The van der Waals surface area contributed by atoms with Gasteiger partial charge in [0.15, 0.2) is 0 Å². The first-order chi connectivity index (χ1) is 9.17. The summed E-state index contributed by atoms with van der Waals surface area (Å²) in [4.78, 5) is 0. The van der Waals surface area contributed by atoms with Gasteiger partial charge in [-0.25, -0.2) is 8.78 Å². The lowest BCUT2D eigenvalue weighted by atomic mass is 9.93. The van der Waals surface area contributed by atoms with E-state index in [-0.39, 0.29) is 24.2 Å². The summed E-state index contributed by atoms with van der Waals surface area (Å²) in [6.45, 7) is 0.0504. The van der Waals surface area contributed by atoms with Gasteiger partial charge < -0.3 is 5.11 Å². The molecule has 0 spiro atoms. The third kappa shape index (κ3) is 4.14. The molecule has 0 aromatic heterocycles. The molecule has 0 heterocycles. The standard InChI is InChI=1S/C16H16F2O/c17-15-5-1-12(2-6-15)9-14(11-19)10-13-3-7-16(18)8-4-13/h1-8,14,19H,9-11H2. The van der Waals surface area contributed by atoms with E-state index in [1.54, 1.807) is 24.3 Å². The highest BCUT2D eigenvalue weighted by atomic mass is 19.1. The van der Waals surface area contributed by atoms with Gasteiger partial charge in [0.25, 0.3) is 0 Å². The van der Waals surface area contributed by atoms with Crippen molar-refractivity contribution in [2.75, 3.05) is 6.61 Å². The molecule has 1 nitrogen and oxygen atoms in total. The van der Waals surface area contributed by atoms with E-state index in [9.17, 15) is 13.9 Å². The zero-order valence-electron chi connectivity index (χ0n) is 10.5. The van der Waals surface area contributed by atoms with Gasteiger partial charge in [-0.2, -0.15) is 0 Å². The first-order valence-corrected chi connectivity index (χ1v) is 6.27. The van der Waals surface area contributed by atoms with Crippen molar-refractivity contribution in [2.24, 2.45) is 5.92 Å². The topological polar surface area (TPSA) is 20.2 Å². The third-order valence-electron chi connectivity index (χ3n) is 3.13. The summed E-state index contributed by atoms with van der Waals surface area (Å²) in [6, 6.07) is 12.6. The lowest BCUT2D eigenvalue weighted by Crippen LogP contribution is -2.13. The zero-order chi connectivity index (χ0) is 13.7. The molecule has 0 fully saturated rings. The van der Waals surface area contributed by atoms with E-state index in [2.05, 4.69) is 0 Å². The van der Waals surface area contributed by atoms with Crippen LogP contribution in [-0.2, 0) is 12.8 Å². The summed E-state index contributed by atoms with van der Waals surface area (Å²) in [5.41, 5.74) is 1.98. The number of hydrogen-bond donors (Lipinski definition) is 1. The molecule has 0 aliphatic rings. The van der Waals surface area contributed by atoms with Gasteiger partial charge in [0.2, 0.25) is 0 Å². The fourth-order valence-electron chi connectivity index (χ4n) is 2.11. The van der Waals surface area contributed by atoms with Crippen LogP contribution in [0.1, 0.15) is 11.1 Å². The molecule has 0 aliphatic heterocycles. The second kappa shape index (κ2) is 6.43. The monoisotopic (exact) mass is 262 g/mol. The van der Waals surface area contributed by atoms with Gasteiger partial charge in [0.05, 0.1) is 0 Å². The molecule has 2 rings (SSSR count). The molecule has 0 radical (unpaired) electrons. The minimum absolute atomic E-state index is 0.0504. The van der Waals surface area contributed by atoms with Crippen molar-refractivity contribution >= 4 is 0 Å². The van der Waals surface area contributed by atoms with Crippen molar-refractivity contribution in [1.82, 2.24) is 0 Å². The van der Waals surface area contributed by atoms with Crippen LogP contribution in [0.3, 0.4) is 0 Å². The normalized spacial score (nSPS) is 10.9. The van der Waals surface area contributed by atoms with Crippen LogP contribution >= 0.6 is 0 Å². The van der Waals surface area contributed by atoms with Crippen molar-refractivity contribution in [3.05, 3.63) is 71.3 Å². The van der Waals surface area contributed by atoms with Gasteiger partial charge in [-0.1, -0.05) is 24.3 Å². The molecule has 0 aliphatic carbocycles. The van der Waals surface area contributed by atoms with Crippen LogP contribution in [0.5, 0.6) is 0 Å². The van der Waals surface area contributed by atoms with Gasteiger partial charge in [-0.15, -0.1) is 0 Å². The van der Waals surface area contributed by atoms with Gasteiger partial charge >= 0.3 is 0 Å². The molecule has 1 N–H and O–H groups in total. The van der Waals surface area contributed by atoms with Crippen LogP contribution in [0.25, 0.3) is 0 Å². The average Bonchev–Trinajstić information content (AvgIpc) is 2.43. The second-order valence-electron chi connectivity index (χ2n) is 4.71. The number of benzene rings is 2. The number of aliphatic hydroxyl groups excluding tert-OH is 1. The lowest BCUT2D eigenvalue weighted by Gasteiger charge is -2.14. The summed E-state index contributed by atoms with van der Waals surface area (Å²) < 4.78 is 25.6. The quantitative estimate of drug-likeness (QED) is 0.876. The first kappa shape index (κ1) is 13.7. The molecule has 19 heavy (non-hydrogen) atoms. The van der Waals surface area contributed by atoms with Crippen LogP contribution in [0, 0.1) is 17.6 Å². The molecule has 2 aromatic rings. The molecule has 0 bridgehead atoms. The van der Waals surface area contributed by atoms with E-state index >= 15 is 0 Å². The Morgan fingerprint density at radius 1 is 0.737 bits per heavy atom. The van der Waals surface area contributed by atoms with Crippen LogP contribution in [-0.4, -0.2) is 11.7 Å². The Hall–Kier alpha value is -1.74. The molecule has 0 amide bonds. The Morgan fingerprint density at radius 2 is 1.11 bits per heavy atom. The molecule has 2 aromatic carbocycles. The SMILES string of the molecule is OCC(Cc1ccc(F)cc1)Cc1ccc(F)cc1. The molecule has 0 unspecified atom stereocenters. The van der Waals surface area contributed by atoms with Crippen LogP contribution in [0.15, 0.2) is 48.5 Å². The highest BCUT2D eigenvalue weighted by molar-refractivity contribution is 5.19. The van der Waals surface area contributed by atoms with Crippen LogP contribution < -0.4 is 0 Å². The van der Waals surface area contributed by atoms with Crippen molar-refractivity contribution in [3.63, 3.8) is 0 Å². The predicted molar refractivity (Wildman–Crippen MR) is 70.8 cm³/mol. The molecule has 0 saturated heterocycles. The van der Waals surface area contributed by atoms with E-state index in [1.807, 2.05) is 0 Å². The maximum atomic E-state index is 12.8. The van der Waals surface area contributed by atoms with E-state index in [0.29, 0.717) is 12.8 Å². The molecule has 100 valence electrons. The van der Waals surface area contributed by atoms with Crippen LogP contribution in [0.2, 0.25) is 0 Å². The highest BCUT2D eigenvalue weighted by Gasteiger charge is 2.10. The first-order valence-electron chi connectivity index (χ1n) is 6.27. The summed E-state index contributed by atoms with van der Waals surface area (Å²) in [5, 5.41) is 9.41. The average molecular weight is 262 g/mol. The fourth-order valence-corrected chi connectivity index (χ4v) is 2.11. The highest BCUT2D eigenvalue weighted by Crippen LogP contribution is 2.15.